The Kier molecular flexibility index (Phi) is 4.39. The highest BCUT2D eigenvalue weighted by Crippen LogP contribution is 2.29. The van der Waals surface area contributed by atoms with Crippen molar-refractivity contribution in [2.45, 2.75) is 43.8 Å². The first-order valence-corrected chi connectivity index (χ1v) is 8.76. The van der Waals surface area contributed by atoms with Crippen LogP contribution in [0.25, 0.3) is 0 Å². The maximum Gasteiger partial charge on any atom is 0.0530 e. The Bertz CT molecular complexity index is 467. The van der Waals surface area contributed by atoms with Crippen LogP contribution in [0.3, 0.4) is 0 Å². The summed E-state index contributed by atoms with van der Waals surface area (Å²) in [5.74, 6) is 0.589. The third kappa shape index (κ3) is 3.33. The third-order valence-corrected chi connectivity index (χ3v) is 5.40. The molecule has 5 heteroatoms. The fourth-order valence-corrected chi connectivity index (χ4v) is 3.87. The average molecular weight is 301 g/mol. The van der Waals surface area contributed by atoms with E-state index in [9.17, 15) is 0 Å². The van der Waals surface area contributed by atoms with Crippen LogP contribution in [0.15, 0.2) is 24.5 Å². The summed E-state index contributed by atoms with van der Waals surface area (Å²) in [4.78, 5) is 6.94. The summed E-state index contributed by atoms with van der Waals surface area (Å²) in [7, 11) is 0. The van der Waals surface area contributed by atoms with Crippen LogP contribution in [0, 0.1) is 5.92 Å². The number of hydrazine groups is 1. The standard InChI is InChI=1S/C17H27N5/c1-2-13(10-18-7-1)17-14(12-20-21-17)11-19-15-5-8-22(9-6-15)16-3-4-16/h1-2,7,10,14-17,19-21H,3-6,8-9,11-12H2. The molecule has 1 saturated carbocycles. The van der Waals surface area contributed by atoms with Gasteiger partial charge >= 0.3 is 0 Å². The van der Waals surface area contributed by atoms with E-state index in [-0.39, 0.29) is 0 Å². The second-order valence-corrected chi connectivity index (χ2v) is 7.00. The first-order valence-electron chi connectivity index (χ1n) is 8.76. The molecule has 1 aromatic heterocycles. The van der Waals surface area contributed by atoms with E-state index < -0.39 is 0 Å². The predicted molar refractivity (Wildman–Crippen MR) is 87.2 cm³/mol. The van der Waals surface area contributed by atoms with Crippen LogP contribution < -0.4 is 16.2 Å². The van der Waals surface area contributed by atoms with Gasteiger partial charge in [-0.15, -0.1) is 0 Å². The maximum absolute atomic E-state index is 4.25. The number of piperidine rings is 1. The molecule has 3 aliphatic rings. The summed E-state index contributed by atoms with van der Waals surface area (Å²) in [6.07, 6.45) is 9.30. The summed E-state index contributed by atoms with van der Waals surface area (Å²) >= 11 is 0. The van der Waals surface area contributed by atoms with Crippen LogP contribution in [-0.2, 0) is 0 Å². The highest BCUT2D eigenvalue weighted by atomic mass is 15.4. The Morgan fingerprint density at radius 1 is 1.23 bits per heavy atom. The number of hydrogen-bond donors (Lipinski definition) is 3. The van der Waals surface area contributed by atoms with Gasteiger partial charge in [0.2, 0.25) is 0 Å². The van der Waals surface area contributed by atoms with Gasteiger partial charge in [-0.1, -0.05) is 6.07 Å². The number of hydrogen-bond acceptors (Lipinski definition) is 5. The monoisotopic (exact) mass is 301 g/mol. The summed E-state index contributed by atoms with van der Waals surface area (Å²) in [6, 6.07) is 6.18. The van der Waals surface area contributed by atoms with Gasteiger partial charge < -0.3 is 10.2 Å². The molecule has 0 radical (unpaired) electrons. The molecular formula is C17H27N5. The van der Waals surface area contributed by atoms with E-state index in [0.717, 1.165) is 19.1 Å². The summed E-state index contributed by atoms with van der Waals surface area (Å²) in [5, 5.41) is 3.82. The van der Waals surface area contributed by atoms with Crippen LogP contribution in [-0.4, -0.2) is 48.1 Å². The zero-order valence-corrected chi connectivity index (χ0v) is 13.2. The second-order valence-electron chi connectivity index (χ2n) is 7.00. The lowest BCUT2D eigenvalue weighted by Crippen LogP contribution is -2.45. The topological polar surface area (TPSA) is 52.2 Å². The van der Waals surface area contributed by atoms with E-state index in [2.05, 4.69) is 32.1 Å². The third-order valence-electron chi connectivity index (χ3n) is 5.40. The molecule has 5 nitrogen and oxygen atoms in total. The molecule has 1 aliphatic carbocycles. The average Bonchev–Trinajstić information content (AvgIpc) is 3.32. The van der Waals surface area contributed by atoms with Gasteiger partial charge in [-0.05, 0) is 50.4 Å². The molecule has 120 valence electrons. The molecule has 22 heavy (non-hydrogen) atoms. The predicted octanol–water partition coefficient (Wildman–Crippen LogP) is 1.06. The highest BCUT2D eigenvalue weighted by molar-refractivity contribution is 5.16. The molecule has 1 aromatic rings. The van der Waals surface area contributed by atoms with Crippen molar-refractivity contribution >= 4 is 0 Å². The Morgan fingerprint density at radius 2 is 2.09 bits per heavy atom. The van der Waals surface area contributed by atoms with Crippen molar-refractivity contribution in [3.63, 3.8) is 0 Å². The van der Waals surface area contributed by atoms with Crippen LogP contribution >= 0.6 is 0 Å². The fraction of sp³-hybridized carbons (Fsp3) is 0.706. The molecular weight excluding hydrogens is 274 g/mol. The first-order chi connectivity index (χ1) is 10.9. The maximum atomic E-state index is 4.25. The van der Waals surface area contributed by atoms with Gasteiger partial charge in [0, 0.05) is 43.5 Å². The smallest absolute Gasteiger partial charge is 0.0530 e. The molecule has 3 heterocycles. The number of likely N-dealkylation sites (tertiary alicyclic amines) is 1. The Hall–Kier alpha value is -1.01. The van der Waals surface area contributed by atoms with Crippen molar-refractivity contribution in [3.8, 4) is 0 Å². The van der Waals surface area contributed by atoms with Crippen molar-refractivity contribution < 1.29 is 0 Å². The second kappa shape index (κ2) is 6.62. The number of nitrogens with zero attached hydrogens (tertiary/aromatic N) is 2. The molecule has 3 fully saturated rings. The van der Waals surface area contributed by atoms with Gasteiger partial charge in [-0.2, -0.15) is 0 Å². The minimum Gasteiger partial charge on any atom is -0.313 e. The summed E-state index contributed by atoms with van der Waals surface area (Å²) in [5.41, 5.74) is 8.00. The van der Waals surface area contributed by atoms with Gasteiger partial charge in [0.05, 0.1) is 6.04 Å². The quantitative estimate of drug-likeness (QED) is 0.759. The molecule has 2 atom stereocenters. The minimum atomic E-state index is 0.368. The lowest BCUT2D eigenvalue weighted by Gasteiger charge is -2.33. The first kappa shape index (κ1) is 14.6. The highest BCUT2D eigenvalue weighted by Gasteiger charge is 2.33. The minimum absolute atomic E-state index is 0.368. The number of nitrogens with one attached hydrogen (secondary N) is 3. The van der Waals surface area contributed by atoms with Crippen LogP contribution in [0.4, 0.5) is 0 Å². The fourth-order valence-electron chi connectivity index (χ4n) is 3.87. The van der Waals surface area contributed by atoms with Gasteiger partial charge in [0.15, 0.2) is 0 Å². The summed E-state index contributed by atoms with van der Waals surface area (Å²) < 4.78 is 0. The van der Waals surface area contributed by atoms with Gasteiger partial charge in [0.25, 0.3) is 0 Å². The van der Waals surface area contributed by atoms with Crippen molar-refractivity contribution in [3.05, 3.63) is 30.1 Å². The number of aromatic nitrogens is 1. The van der Waals surface area contributed by atoms with Gasteiger partial charge in [-0.25, -0.2) is 5.43 Å². The van der Waals surface area contributed by atoms with Crippen molar-refractivity contribution in [2.24, 2.45) is 5.92 Å². The van der Waals surface area contributed by atoms with Crippen LogP contribution in [0.2, 0.25) is 0 Å². The van der Waals surface area contributed by atoms with E-state index in [0.29, 0.717) is 18.0 Å². The van der Waals surface area contributed by atoms with Crippen LogP contribution in [0.1, 0.15) is 37.3 Å². The molecule has 3 N–H and O–H groups in total. The van der Waals surface area contributed by atoms with Crippen molar-refractivity contribution in [1.82, 2.24) is 26.1 Å². The molecule has 2 unspecified atom stereocenters. The van der Waals surface area contributed by atoms with Gasteiger partial charge in [-0.3, -0.25) is 10.4 Å². The lowest BCUT2D eigenvalue weighted by molar-refractivity contribution is 0.186. The van der Waals surface area contributed by atoms with E-state index in [1.54, 1.807) is 0 Å². The van der Waals surface area contributed by atoms with Crippen molar-refractivity contribution in [2.75, 3.05) is 26.2 Å². The molecule has 4 rings (SSSR count). The van der Waals surface area contributed by atoms with E-state index in [1.165, 1.54) is 44.3 Å². The Balaban J connectivity index is 1.26. The largest absolute Gasteiger partial charge is 0.313 e. The number of rotatable bonds is 5. The molecule has 0 aromatic carbocycles. The van der Waals surface area contributed by atoms with Gasteiger partial charge in [0.1, 0.15) is 0 Å². The Labute approximate surface area is 132 Å². The zero-order valence-electron chi connectivity index (χ0n) is 13.2. The van der Waals surface area contributed by atoms with E-state index >= 15 is 0 Å². The van der Waals surface area contributed by atoms with Crippen molar-refractivity contribution in [1.29, 1.82) is 0 Å². The zero-order chi connectivity index (χ0) is 14.8. The SMILES string of the molecule is c1cncc(C2NNCC2CNC2CCN(C3CC3)CC2)c1. The van der Waals surface area contributed by atoms with E-state index in [1.807, 2.05) is 18.5 Å². The molecule has 0 amide bonds. The molecule has 0 bridgehead atoms. The van der Waals surface area contributed by atoms with E-state index in [4.69, 9.17) is 0 Å². The number of pyridine rings is 1. The normalized spacial score (nSPS) is 30.7. The summed E-state index contributed by atoms with van der Waals surface area (Å²) in [6.45, 7) is 4.67. The van der Waals surface area contributed by atoms with Crippen LogP contribution in [0.5, 0.6) is 0 Å². The molecule has 2 saturated heterocycles. The lowest BCUT2D eigenvalue weighted by atomic mass is 9.95. The molecule has 0 spiro atoms. The Morgan fingerprint density at radius 3 is 2.82 bits per heavy atom. The molecule has 2 aliphatic heterocycles.